The molecule has 1 atom stereocenters. The van der Waals surface area contributed by atoms with Gasteiger partial charge >= 0.3 is 17.9 Å². The molecule has 336 valence electrons. The first-order valence-electron chi connectivity index (χ1n) is 24.6. The highest BCUT2D eigenvalue weighted by atomic mass is 16.6. The Morgan fingerprint density at radius 2 is 0.655 bits per heavy atom. The third-order valence-corrected chi connectivity index (χ3v) is 10.5. The molecular weight excluding hydrogens is 721 g/mol. The average Bonchev–Trinajstić information content (AvgIpc) is 3.22. The highest BCUT2D eigenvalue weighted by molar-refractivity contribution is 5.71. The van der Waals surface area contributed by atoms with Crippen LogP contribution in [0.5, 0.6) is 0 Å². The van der Waals surface area contributed by atoms with Crippen LogP contribution in [-0.4, -0.2) is 37.2 Å². The molecule has 6 heteroatoms. The number of carbonyl (C=O) groups is 3. The van der Waals surface area contributed by atoms with E-state index in [0.717, 1.165) is 103 Å². The number of carbonyl (C=O) groups excluding carboxylic acids is 3. The van der Waals surface area contributed by atoms with Gasteiger partial charge in [-0.15, -0.1) is 0 Å². The monoisotopic (exact) mass is 813 g/mol. The molecule has 0 aromatic carbocycles. The van der Waals surface area contributed by atoms with Gasteiger partial charge in [0.05, 0.1) is 0 Å². The molecule has 0 saturated heterocycles. The van der Waals surface area contributed by atoms with Gasteiger partial charge in [0.2, 0.25) is 0 Å². The maximum Gasteiger partial charge on any atom is 0.306 e. The second-order valence-electron chi connectivity index (χ2n) is 16.4. The van der Waals surface area contributed by atoms with Crippen LogP contribution >= 0.6 is 0 Å². The molecule has 0 aliphatic heterocycles. The average molecular weight is 813 g/mol. The predicted molar refractivity (Wildman–Crippen MR) is 247 cm³/mol. The van der Waals surface area contributed by atoms with E-state index in [2.05, 4.69) is 69.4 Å². The van der Waals surface area contributed by atoms with E-state index in [1.54, 1.807) is 0 Å². The minimum atomic E-state index is -0.783. The van der Waals surface area contributed by atoms with Gasteiger partial charge in [-0.2, -0.15) is 0 Å². The van der Waals surface area contributed by atoms with Crippen molar-refractivity contribution in [2.24, 2.45) is 0 Å². The number of hydrogen-bond acceptors (Lipinski definition) is 6. The number of unbranched alkanes of at least 4 members (excludes halogenated alkanes) is 25. The first-order valence-corrected chi connectivity index (χ1v) is 24.6. The molecule has 0 spiro atoms. The van der Waals surface area contributed by atoms with Crippen LogP contribution in [0.15, 0.2) is 48.6 Å². The first-order chi connectivity index (χ1) is 28.5. The van der Waals surface area contributed by atoms with Crippen molar-refractivity contribution < 1.29 is 28.6 Å². The lowest BCUT2D eigenvalue weighted by Gasteiger charge is -2.18. The van der Waals surface area contributed by atoms with Crippen LogP contribution in [0.3, 0.4) is 0 Å². The van der Waals surface area contributed by atoms with E-state index in [0.29, 0.717) is 19.3 Å². The van der Waals surface area contributed by atoms with E-state index < -0.39 is 6.10 Å². The molecule has 6 nitrogen and oxygen atoms in total. The van der Waals surface area contributed by atoms with Crippen LogP contribution in [0, 0.1) is 0 Å². The lowest BCUT2D eigenvalue weighted by atomic mass is 10.1. The van der Waals surface area contributed by atoms with E-state index in [1.165, 1.54) is 103 Å². The molecule has 0 N–H and O–H groups in total. The summed E-state index contributed by atoms with van der Waals surface area (Å²) in [7, 11) is 0. The van der Waals surface area contributed by atoms with Crippen molar-refractivity contribution in [1.82, 2.24) is 0 Å². The highest BCUT2D eigenvalue weighted by Gasteiger charge is 2.19. The third kappa shape index (κ3) is 44.5. The first kappa shape index (κ1) is 55.4. The van der Waals surface area contributed by atoms with Gasteiger partial charge in [0.25, 0.3) is 0 Å². The molecule has 0 amide bonds. The quantitative estimate of drug-likeness (QED) is 0.0264. The summed E-state index contributed by atoms with van der Waals surface area (Å²) in [4.78, 5) is 37.8. The standard InChI is InChI=1S/C52H92O6/c1-4-7-10-13-16-19-22-24-26-28-30-33-36-39-42-45-51(54)57-48-49(47-56-50(53)44-41-38-35-32-21-18-15-12-9-6-3)58-52(55)46-43-40-37-34-31-29-27-25-23-20-17-14-11-8-5-2/h12,15-16,19,24-27,49H,4-11,13-14,17-18,20-23,28-48H2,1-3H3/b15-12-,19-16-,26-24-,27-25-. The molecule has 0 heterocycles. The van der Waals surface area contributed by atoms with Gasteiger partial charge in [0, 0.05) is 19.3 Å². The van der Waals surface area contributed by atoms with E-state index in [4.69, 9.17) is 14.2 Å². The molecule has 0 fully saturated rings. The normalized spacial score (nSPS) is 12.4. The Labute approximate surface area is 358 Å². The summed E-state index contributed by atoms with van der Waals surface area (Å²) in [6, 6.07) is 0. The Balaban J connectivity index is 4.39. The van der Waals surface area contributed by atoms with Gasteiger partial charge in [-0.05, 0) is 96.3 Å². The number of ether oxygens (including phenoxy) is 3. The van der Waals surface area contributed by atoms with Crippen molar-refractivity contribution in [2.75, 3.05) is 13.2 Å². The molecule has 0 aliphatic carbocycles. The molecule has 0 rings (SSSR count). The minimum absolute atomic E-state index is 0.0853. The van der Waals surface area contributed by atoms with E-state index in [1.807, 2.05) is 0 Å². The van der Waals surface area contributed by atoms with E-state index in [9.17, 15) is 14.4 Å². The van der Waals surface area contributed by atoms with Gasteiger partial charge < -0.3 is 14.2 Å². The summed E-state index contributed by atoms with van der Waals surface area (Å²) in [5.74, 6) is -0.915. The van der Waals surface area contributed by atoms with Crippen molar-refractivity contribution >= 4 is 17.9 Å². The van der Waals surface area contributed by atoms with Gasteiger partial charge in [0.15, 0.2) is 6.10 Å². The zero-order chi connectivity index (χ0) is 42.3. The van der Waals surface area contributed by atoms with Crippen LogP contribution in [-0.2, 0) is 28.6 Å². The summed E-state index contributed by atoms with van der Waals surface area (Å²) < 4.78 is 16.7. The topological polar surface area (TPSA) is 78.9 Å². The summed E-state index contributed by atoms with van der Waals surface area (Å²) >= 11 is 0. The minimum Gasteiger partial charge on any atom is -0.462 e. The van der Waals surface area contributed by atoms with Crippen molar-refractivity contribution in [3.8, 4) is 0 Å². The number of esters is 3. The lowest BCUT2D eigenvalue weighted by molar-refractivity contribution is -0.167. The van der Waals surface area contributed by atoms with Gasteiger partial charge in [-0.25, -0.2) is 0 Å². The van der Waals surface area contributed by atoms with Crippen molar-refractivity contribution in [1.29, 1.82) is 0 Å². The van der Waals surface area contributed by atoms with Gasteiger partial charge in [-0.3, -0.25) is 14.4 Å². The second-order valence-corrected chi connectivity index (χ2v) is 16.4. The fraction of sp³-hybridized carbons (Fsp3) is 0.788. The Hall–Kier alpha value is -2.63. The highest BCUT2D eigenvalue weighted by Crippen LogP contribution is 2.14. The largest absolute Gasteiger partial charge is 0.462 e. The molecule has 0 aromatic heterocycles. The summed E-state index contributed by atoms with van der Waals surface area (Å²) in [6.07, 6.45) is 55.2. The number of rotatable bonds is 44. The predicted octanol–water partition coefficient (Wildman–Crippen LogP) is 15.9. The molecule has 0 radical (unpaired) electrons. The Bertz CT molecular complexity index is 1030. The Morgan fingerprint density at radius 1 is 0.345 bits per heavy atom. The van der Waals surface area contributed by atoms with Crippen LogP contribution in [0.25, 0.3) is 0 Å². The molecule has 0 aliphatic rings. The van der Waals surface area contributed by atoms with Gasteiger partial charge in [-0.1, -0.05) is 179 Å². The number of hydrogen-bond donors (Lipinski definition) is 0. The fourth-order valence-corrected chi connectivity index (χ4v) is 6.76. The van der Waals surface area contributed by atoms with Crippen molar-refractivity contribution in [2.45, 2.75) is 252 Å². The number of allylic oxidation sites excluding steroid dienone is 8. The zero-order valence-electron chi connectivity index (χ0n) is 38.3. The molecule has 0 aromatic rings. The fourth-order valence-electron chi connectivity index (χ4n) is 6.76. The second kappa shape index (κ2) is 47.1. The smallest absolute Gasteiger partial charge is 0.306 e. The molecule has 0 bridgehead atoms. The Morgan fingerprint density at radius 3 is 1.07 bits per heavy atom. The maximum atomic E-state index is 12.8. The van der Waals surface area contributed by atoms with Gasteiger partial charge in [0.1, 0.15) is 13.2 Å². The zero-order valence-corrected chi connectivity index (χ0v) is 38.3. The van der Waals surface area contributed by atoms with Crippen LogP contribution in [0.4, 0.5) is 0 Å². The lowest BCUT2D eigenvalue weighted by Crippen LogP contribution is -2.30. The molecule has 1 unspecified atom stereocenters. The third-order valence-electron chi connectivity index (χ3n) is 10.5. The molecule has 0 saturated carbocycles. The SMILES string of the molecule is CCC/C=C\CCCCCCCC(=O)OCC(COC(=O)CCCCCCC/C=C\C/C=C\CCCCC)OC(=O)CCCCCCC/C=C\CCCCCCCC. The summed E-state index contributed by atoms with van der Waals surface area (Å²) in [6.45, 7) is 6.52. The van der Waals surface area contributed by atoms with E-state index >= 15 is 0 Å². The summed E-state index contributed by atoms with van der Waals surface area (Å²) in [5.41, 5.74) is 0. The van der Waals surface area contributed by atoms with E-state index in [-0.39, 0.29) is 31.1 Å². The Kier molecular flexibility index (Phi) is 44.9. The van der Waals surface area contributed by atoms with Crippen LogP contribution < -0.4 is 0 Å². The van der Waals surface area contributed by atoms with Crippen molar-refractivity contribution in [3.05, 3.63) is 48.6 Å². The summed E-state index contributed by atoms with van der Waals surface area (Å²) in [5, 5.41) is 0. The van der Waals surface area contributed by atoms with Crippen molar-refractivity contribution in [3.63, 3.8) is 0 Å². The molecular formula is C52H92O6. The van der Waals surface area contributed by atoms with Crippen LogP contribution in [0.2, 0.25) is 0 Å². The van der Waals surface area contributed by atoms with Crippen LogP contribution in [0.1, 0.15) is 245 Å². The maximum absolute atomic E-state index is 12.8. The molecule has 58 heavy (non-hydrogen) atoms.